The van der Waals surface area contributed by atoms with E-state index in [0.717, 1.165) is 54.8 Å². The van der Waals surface area contributed by atoms with Gasteiger partial charge in [-0.1, -0.05) is 32.6 Å². The smallest absolute Gasteiger partial charge is 0.119 e. The van der Waals surface area contributed by atoms with Gasteiger partial charge in [0.05, 0.1) is 18.7 Å². The monoisotopic (exact) mass is 429 g/mol. The minimum atomic E-state index is -0.612. The van der Waals surface area contributed by atoms with Crippen molar-refractivity contribution in [3.8, 4) is 5.75 Å². The number of fused-ring (bicyclic) bond motifs is 1. The maximum atomic E-state index is 11.1. The van der Waals surface area contributed by atoms with Gasteiger partial charge >= 0.3 is 0 Å². The van der Waals surface area contributed by atoms with Crippen molar-refractivity contribution in [1.29, 1.82) is 0 Å². The predicted octanol–water partition coefficient (Wildman–Crippen LogP) is 3.62. The Balaban J connectivity index is 1.62. The largest absolute Gasteiger partial charge is 0.497 e. The number of aliphatic hydroxyl groups excluding tert-OH is 2. The summed E-state index contributed by atoms with van der Waals surface area (Å²) in [7, 11) is 1.65. The van der Waals surface area contributed by atoms with Crippen LogP contribution in [0.1, 0.15) is 57.1 Å². The Bertz CT molecular complexity index is 801. The lowest BCUT2D eigenvalue weighted by atomic mass is 10.0. The molecule has 31 heavy (non-hydrogen) atoms. The molecule has 1 fully saturated rings. The van der Waals surface area contributed by atoms with Gasteiger partial charge in [0, 0.05) is 50.4 Å². The number of ether oxygens (including phenoxy) is 1. The minimum absolute atomic E-state index is 0.178. The fourth-order valence-electron chi connectivity index (χ4n) is 4.65. The molecule has 1 aliphatic rings. The first-order valence-corrected chi connectivity index (χ1v) is 11.8. The van der Waals surface area contributed by atoms with Crippen LogP contribution in [0.5, 0.6) is 5.75 Å². The van der Waals surface area contributed by atoms with E-state index in [-0.39, 0.29) is 12.6 Å². The van der Waals surface area contributed by atoms with Crippen LogP contribution in [0.2, 0.25) is 0 Å². The van der Waals surface area contributed by atoms with E-state index in [1.54, 1.807) is 13.3 Å². The Labute approximate surface area is 186 Å². The Hall–Kier alpha value is -1.73. The first-order valence-electron chi connectivity index (χ1n) is 11.8. The number of aromatic nitrogens is 1. The topological polar surface area (TPSA) is 69.1 Å². The Morgan fingerprint density at radius 2 is 2.00 bits per heavy atom. The average molecular weight is 430 g/mol. The molecular formula is C25H39N3O3. The molecule has 6 nitrogen and oxygen atoms in total. The van der Waals surface area contributed by atoms with E-state index in [0.29, 0.717) is 6.54 Å². The molecule has 3 rings (SSSR count). The second-order valence-corrected chi connectivity index (χ2v) is 8.67. The third-order valence-corrected chi connectivity index (χ3v) is 6.48. The summed E-state index contributed by atoms with van der Waals surface area (Å²) in [4.78, 5) is 9.31. The first-order chi connectivity index (χ1) is 15.2. The number of pyridine rings is 1. The van der Waals surface area contributed by atoms with Crippen molar-refractivity contribution in [3.05, 3.63) is 36.0 Å². The molecule has 0 spiro atoms. The molecule has 172 valence electrons. The maximum Gasteiger partial charge on any atom is 0.119 e. The molecule has 1 aliphatic heterocycles. The van der Waals surface area contributed by atoms with E-state index in [1.807, 2.05) is 24.3 Å². The average Bonchev–Trinajstić information content (AvgIpc) is 2.79. The minimum Gasteiger partial charge on any atom is -0.497 e. The molecule has 2 N–H and O–H groups in total. The highest BCUT2D eigenvalue weighted by molar-refractivity contribution is 5.83. The zero-order valence-corrected chi connectivity index (χ0v) is 19.2. The lowest BCUT2D eigenvalue weighted by Crippen LogP contribution is -2.54. The van der Waals surface area contributed by atoms with Crippen LogP contribution in [0.4, 0.5) is 0 Å². The van der Waals surface area contributed by atoms with Gasteiger partial charge in [-0.2, -0.15) is 0 Å². The van der Waals surface area contributed by atoms with Crippen LogP contribution < -0.4 is 4.74 Å². The quantitative estimate of drug-likeness (QED) is 0.502. The number of unbranched alkanes of at least 4 members (excludes halogenated alkanes) is 4. The summed E-state index contributed by atoms with van der Waals surface area (Å²) in [6, 6.07) is 7.94. The molecular weight excluding hydrogens is 390 g/mol. The van der Waals surface area contributed by atoms with Gasteiger partial charge in [-0.15, -0.1) is 0 Å². The van der Waals surface area contributed by atoms with Crippen LogP contribution in [0, 0.1) is 0 Å². The van der Waals surface area contributed by atoms with E-state index < -0.39 is 6.10 Å². The molecule has 1 saturated heterocycles. The third-order valence-electron chi connectivity index (χ3n) is 6.48. The molecule has 2 atom stereocenters. The number of rotatable bonds is 12. The first kappa shape index (κ1) is 23.9. The van der Waals surface area contributed by atoms with Crippen molar-refractivity contribution in [3.63, 3.8) is 0 Å². The molecule has 6 heteroatoms. The number of hydrogen-bond donors (Lipinski definition) is 2. The highest BCUT2D eigenvalue weighted by Gasteiger charge is 2.28. The van der Waals surface area contributed by atoms with Gasteiger partial charge in [-0.05, 0) is 49.2 Å². The molecule has 0 unspecified atom stereocenters. The fraction of sp³-hybridized carbons (Fsp3) is 0.640. The summed E-state index contributed by atoms with van der Waals surface area (Å²) in [6.07, 6.45) is 8.37. The van der Waals surface area contributed by atoms with Crippen LogP contribution in [0.25, 0.3) is 10.9 Å². The lowest BCUT2D eigenvalue weighted by Gasteiger charge is -2.42. The van der Waals surface area contributed by atoms with Crippen LogP contribution in [-0.2, 0) is 0 Å². The van der Waals surface area contributed by atoms with Gasteiger partial charge in [-0.3, -0.25) is 9.88 Å². The van der Waals surface area contributed by atoms with Crippen LogP contribution >= 0.6 is 0 Å². The van der Waals surface area contributed by atoms with E-state index in [2.05, 4.69) is 21.7 Å². The number of piperazine rings is 1. The van der Waals surface area contributed by atoms with Gasteiger partial charge < -0.3 is 19.8 Å². The zero-order valence-electron chi connectivity index (χ0n) is 19.2. The number of β-amino-alcohol motifs (C(OH)–C–C–N with tert-alkyl or cyclic N) is 1. The Morgan fingerprint density at radius 1 is 1.16 bits per heavy atom. The number of hydrogen-bond acceptors (Lipinski definition) is 6. The molecule has 0 aliphatic carbocycles. The van der Waals surface area contributed by atoms with E-state index in [1.165, 1.54) is 32.1 Å². The van der Waals surface area contributed by atoms with Crippen molar-refractivity contribution in [2.45, 2.75) is 57.6 Å². The van der Waals surface area contributed by atoms with Crippen molar-refractivity contribution in [2.75, 3.05) is 46.4 Å². The maximum absolute atomic E-state index is 11.1. The normalized spacial score (nSPS) is 19.0. The van der Waals surface area contributed by atoms with Crippen molar-refractivity contribution in [1.82, 2.24) is 14.8 Å². The van der Waals surface area contributed by atoms with Crippen LogP contribution in [-0.4, -0.2) is 77.5 Å². The Morgan fingerprint density at radius 3 is 2.77 bits per heavy atom. The summed E-state index contributed by atoms with van der Waals surface area (Å²) in [6.45, 7) is 7.03. The highest BCUT2D eigenvalue weighted by atomic mass is 16.5. The molecule has 2 heterocycles. The van der Waals surface area contributed by atoms with Gasteiger partial charge in [-0.25, -0.2) is 0 Å². The van der Waals surface area contributed by atoms with Crippen LogP contribution in [0.3, 0.4) is 0 Å². The summed E-state index contributed by atoms with van der Waals surface area (Å²) < 4.78 is 5.37. The van der Waals surface area contributed by atoms with E-state index in [9.17, 15) is 10.2 Å². The molecule has 0 saturated carbocycles. The Kier molecular flexibility index (Phi) is 9.53. The molecule has 0 radical (unpaired) electrons. The van der Waals surface area contributed by atoms with E-state index >= 15 is 0 Å². The summed E-state index contributed by atoms with van der Waals surface area (Å²) in [5.74, 6) is 0.764. The fourth-order valence-corrected chi connectivity index (χ4v) is 4.65. The van der Waals surface area contributed by atoms with E-state index in [4.69, 9.17) is 4.74 Å². The lowest BCUT2D eigenvalue weighted by molar-refractivity contribution is 0.0226. The van der Waals surface area contributed by atoms with Gasteiger partial charge in [0.15, 0.2) is 0 Å². The summed E-state index contributed by atoms with van der Waals surface area (Å²) in [5, 5.41) is 21.7. The number of methoxy groups -OCH3 is 1. The second-order valence-electron chi connectivity index (χ2n) is 8.67. The SMILES string of the molecule is CCCCCCCN1CCN(C[C@H](O)c2ccnc3ccc(OC)cc23)[C@H](CCO)C1. The molecule has 1 aromatic heterocycles. The molecule has 0 amide bonds. The van der Waals surface area contributed by atoms with Gasteiger partial charge in [0.2, 0.25) is 0 Å². The molecule has 0 bridgehead atoms. The second kappa shape index (κ2) is 12.3. The molecule has 2 aromatic rings. The molecule has 1 aromatic carbocycles. The van der Waals surface area contributed by atoms with Crippen molar-refractivity contribution < 1.29 is 14.9 Å². The summed E-state index contributed by atoms with van der Waals surface area (Å²) >= 11 is 0. The van der Waals surface area contributed by atoms with Gasteiger partial charge in [0.25, 0.3) is 0 Å². The standard InChI is InChI=1S/C25H39N3O3/c1-3-4-5-6-7-13-27-14-15-28(20(18-27)11-16-29)19-25(30)22-10-12-26-24-9-8-21(31-2)17-23(22)24/h8-10,12,17,20,25,29-30H,3-7,11,13-16,18-19H2,1-2H3/t20-,25+/m1/s1. The summed E-state index contributed by atoms with van der Waals surface area (Å²) in [5.41, 5.74) is 1.74. The van der Waals surface area contributed by atoms with Crippen LogP contribution in [0.15, 0.2) is 30.5 Å². The zero-order chi connectivity index (χ0) is 22.1. The highest BCUT2D eigenvalue weighted by Crippen LogP contribution is 2.28. The third kappa shape index (κ3) is 6.62. The predicted molar refractivity (Wildman–Crippen MR) is 126 cm³/mol. The van der Waals surface area contributed by atoms with Crippen molar-refractivity contribution >= 4 is 10.9 Å². The van der Waals surface area contributed by atoms with Crippen molar-refractivity contribution in [2.24, 2.45) is 0 Å². The number of nitrogens with zero attached hydrogens (tertiary/aromatic N) is 3. The number of aliphatic hydroxyl groups is 2. The van der Waals surface area contributed by atoms with Gasteiger partial charge in [0.1, 0.15) is 5.75 Å². The number of benzene rings is 1.